The van der Waals surface area contributed by atoms with Gasteiger partial charge in [-0.15, -0.1) is 0 Å². The van der Waals surface area contributed by atoms with Crippen LogP contribution >= 0.6 is 0 Å². The average Bonchev–Trinajstić information content (AvgIpc) is 2.63. The zero-order valence-electron chi connectivity index (χ0n) is 13.6. The monoisotopic (exact) mass is 336 g/mol. The van der Waals surface area contributed by atoms with Crippen molar-refractivity contribution in [3.05, 3.63) is 53.9 Å². The summed E-state index contributed by atoms with van der Waals surface area (Å²) >= 11 is 0. The van der Waals surface area contributed by atoms with Gasteiger partial charge in [0, 0.05) is 24.5 Å². The van der Waals surface area contributed by atoms with Gasteiger partial charge in [0.1, 0.15) is 12.3 Å². The molecule has 2 amide bonds. The van der Waals surface area contributed by atoms with E-state index in [1.54, 1.807) is 29.2 Å². The molecule has 1 aromatic carbocycles. The molecule has 1 aliphatic rings. The van der Waals surface area contributed by atoms with Crippen molar-refractivity contribution in [2.45, 2.75) is 13.0 Å². The molecule has 126 valence electrons. The van der Waals surface area contributed by atoms with E-state index >= 15 is 0 Å². The normalized spacial score (nSPS) is 17.3. The number of amides is 2. The van der Waals surface area contributed by atoms with E-state index in [1.807, 2.05) is 13.0 Å². The number of pyridine rings is 1. The summed E-state index contributed by atoms with van der Waals surface area (Å²) in [5, 5.41) is 18.7. The fourth-order valence-corrected chi connectivity index (χ4v) is 2.79. The second-order valence-electron chi connectivity index (χ2n) is 5.82. The number of aromatic hydroxyl groups is 1. The van der Waals surface area contributed by atoms with Crippen molar-refractivity contribution in [2.24, 2.45) is 0 Å². The number of hydrogen-bond donors (Lipinski definition) is 1. The number of piperazine rings is 1. The number of benzene rings is 1. The molecule has 0 unspecified atom stereocenters. The van der Waals surface area contributed by atoms with Gasteiger partial charge in [0.05, 0.1) is 11.6 Å². The lowest BCUT2D eigenvalue weighted by Gasteiger charge is -2.39. The van der Waals surface area contributed by atoms with Gasteiger partial charge in [0.25, 0.3) is 5.91 Å². The van der Waals surface area contributed by atoms with Gasteiger partial charge < -0.3 is 14.9 Å². The molecule has 1 atom stereocenters. The van der Waals surface area contributed by atoms with Crippen molar-refractivity contribution >= 4 is 17.5 Å². The minimum absolute atomic E-state index is 0.0611. The van der Waals surface area contributed by atoms with Crippen molar-refractivity contribution in [3.8, 4) is 11.8 Å². The summed E-state index contributed by atoms with van der Waals surface area (Å²) in [5.41, 5.74) is 1.14. The van der Waals surface area contributed by atoms with E-state index in [-0.39, 0.29) is 29.9 Å². The van der Waals surface area contributed by atoms with E-state index in [0.29, 0.717) is 17.8 Å². The molecular formula is C18H16N4O3. The third kappa shape index (κ3) is 3.15. The van der Waals surface area contributed by atoms with Crippen molar-refractivity contribution in [3.63, 3.8) is 0 Å². The summed E-state index contributed by atoms with van der Waals surface area (Å²) in [5.74, 6) is -0.910. The van der Waals surface area contributed by atoms with Crippen molar-refractivity contribution in [1.29, 1.82) is 5.26 Å². The third-order valence-corrected chi connectivity index (χ3v) is 4.14. The fraction of sp³-hybridized carbons (Fsp3) is 0.222. The van der Waals surface area contributed by atoms with Gasteiger partial charge in [-0.05, 0) is 43.3 Å². The Hall–Kier alpha value is -3.40. The predicted molar refractivity (Wildman–Crippen MR) is 89.9 cm³/mol. The molecule has 7 nitrogen and oxygen atoms in total. The summed E-state index contributed by atoms with van der Waals surface area (Å²) in [6.45, 7) is 2.06. The quantitative estimate of drug-likeness (QED) is 0.897. The standard InChI is InChI=1S/C18H16N4O3/c1-12-10-22(14-6-4-13(9-19)5-7-14)16(24)11-21(12)18(25)17-15(23)3-2-8-20-17/h2-8,12,23H,10-11H2,1H3/t12-/m0/s1. The second kappa shape index (κ2) is 6.61. The molecule has 0 saturated carbocycles. The van der Waals surface area contributed by atoms with Gasteiger partial charge in [-0.1, -0.05) is 0 Å². The Bertz CT molecular complexity index is 857. The molecule has 1 aliphatic heterocycles. The molecule has 1 fully saturated rings. The molecule has 0 radical (unpaired) electrons. The Morgan fingerprint density at radius 3 is 2.68 bits per heavy atom. The van der Waals surface area contributed by atoms with Crippen LogP contribution in [0.5, 0.6) is 5.75 Å². The maximum atomic E-state index is 12.6. The first kappa shape index (κ1) is 16.5. The summed E-state index contributed by atoms with van der Waals surface area (Å²) in [4.78, 5) is 32.0. The number of hydrogen-bond acceptors (Lipinski definition) is 5. The van der Waals surface area contributed by atoms with Crippen LogP contribution in [0.4, 0.5) is 5.69 Å². The first-order valence-electron chi connectivity index (χ1n) is 7.76. The highest BCUT2D eigenvalue weighted by Gasteiger charge is 2.34. The largest absolute Gasteiger partial charge is 0.505 e. The lowest BCUT2D eigenvalue weighted by Crippen LogP contribution is -2.57. The van der Waals surface area contributed by atoms with Crippen LogP contribution in [0.2, 0.25) is 0 Å². The maximum absolute atomic E-state index is 12.6. The number of aromatic nitrogens is 1. The molecule has 1 saturated heterocycles. The molecule has 25 heavy (non-hydrogen) atoms. The van der Waals surface area contributed by atoms with Crippen LogP contribution < -0.4 is 4.90 Å². The van der Waals surface area contributed by atoms with Gasteiger partial charge >= 0.3 is 0 Å². The molecule has 0 aliphatic carbocycles. The highest BCUT2D eigenvalue weighted by molar-refractivity contribution is 6.02. The molecule has 1 N–H and O–H groups in total. The second-order valence-corrected chi connectivity index (χ2v) is 5.82. The van der Waals surface area contributed by atoms with Crippen LogP contribution in [-0.2, 0) is 4.79 Å². The minimum Gasteiger partial charge on any atom is -0.505 e. The third-order valence-electron chi connectivity index (χ3n) is 4.14. The van der Waals surface area contributed by atoms with Crippen LogP contribution in [0, 0.1) is 11.3 Å². The molecule has 7 heteroatoms. The number of carbonyl (C=O) groups is 2. The van der Waals surface area contributed by atoms with E-state index in [1.165, 1.54) is 23.2 Å². The van der Waals surface area contributed by atoms with Crippen LogP contribution in [0.25, 0.3) is 0 Å². The van der Waals surface area contributed by atoms with E-state index in [4.69, 9.17) is 5.26 Å². The van der Waals surface area contributed by atoms with Gasteiger partial charge in [-0.25, -0.2) is 4.98 Å². The molecule has 3 rings (SSSR count). The zero-order valence-corrected chi connectivity index (χ0v) is 13.6. The number of nitrogens with zero attached hydrogens (tertiary/aromatic N) is 4. The first-order valence-corrected chi connectivity index (χ1v) is 7.76. The molecule has 0 spiro atoms. The summed E-state index contributed by atoms with van der Waals surface area (Å²) in [6.07, 6.45) is 1.42. The Labute approximate surface area is 144 Å². The minimum atomic E-state index is -0.474. The molecular weight excluding hydrogens is 320 g/mol. The maximum Gasteiger partial charge on any atom is 0.277 e. The van der Waals surface area contributed by atoms with E-state index in [9.17, 15) is 14.7 Å². The SMILES string of the molecule is C[C@H]1CN(c2ccc(C#N)cc2)C(=O)CN1C(=O)c1ncccc1O. The van der Waals surface area contributed by atoms with Crippen LogP contribution in [0.3, 0.4) is 0 Å². The Kier molecular flexibility index (Phi) is 4.35. The molecule has 2 heterocycles. The van der Waals surface area contributed by atoms with Crippen molar-refractivity contribution in [1.82, 2.24) is 9.88 Å². The van der Waals surface area contributed by atoms with Crippen LogP contribution in [-0.4, -0.2) is 45.9 Å². The average molecular weight is 336 g/mol. The summed E-state index contributed by atoms with van der Waals surface area (Å²) in [6, 6.07) is 11.4. The van der Waals surface area contributed by atoms with Gasteiger partial charge in [0.2, 0.25) is 5.91 Å². The van der Waals surface area contributed by atoms with E-state index in [2.05, 4.69) is 4.98 Å². The molecule has 2 aromatic rings. The lowest BCUT2D eigenvalue weighted by molar-refractivity contribution is -0.121. The Morgan fingerprint density at radius 1 is 1.32 bits per heavy atom. The van der Waals surface area contributed by atoms with Crippen molar-refractivity contribution in [2.75, 3.05) is 18.0 Å². The van der Waals surface area contributed by atoms with Gasteiger partial charge in [0.15, 0.2) is 5.69 Å². The fourth-order valence-electron chi connectivity index (χ4n) is 2.79. The van der Waals surface area contributed by atoms with E-state index in [0.717, 1.165) is 0 Å². The predicted octanol–water partition coefficient (Wildman–Crippen LogP) is 1.54. The number of nitriles is 1. The first-order chi connectivity index (χ1) is 12.0. The number of carbonyl (C=O) groups excluding carboxylic acids is 2. The Balaban J connectivity index is 1.80. The van der Waals surface area contributed by atoms with Gasteiger partial charge in [-0.3, -0.25) is 9.59 Å². The van der Waals surface area contributed by atoms with Crippen LogP contribution in [0.1, 0.15) is 23.0 Å². The molecule has 0 bridgehead atoms. The number of rotatable bonds is 2. The molecule has 1 aromatic heterocycles. The van der Waals surface area contributed by atoms with Gasteiger partial charge in [-0.2, -0.15) is 5.26 Å². The van der Waals surface area contributed by atoms with Crippen molar-refractivity contribution < 1.29 is 14.7 Å². The summed E-state index contributed by atoms with van der Waals surface area (Å²) < 4.78 is 0. The Morgan fingerprint density at radius 2 is 2.04 bits per heavy atom. The smallest absolute Gasteiger partial charge is 0.277 e. The summed E-state index contributed by atoms with van der Waals surface area (Å²) in [7, 11) is 0. The number of anilines is 1. The highest BCUT2D eigenvalue weighted by Crippen LogP contribution is 2.23. The lowest BCUT2D eigenvalue weighted by atomic mass is 10.1. The van der Waals surface area contributed by atoms with Crippen LogP contribution in [0.15, 0.2) is 42.6 Å². The highest BCUT2D eigenvalue weighted by atomic mass is 16.3. The topological polar surface area (TPSA) is 97.5 Å². The zero-order chi connectivity index (χ0) is 18.0. The van der Waals surface area contributed by atoms with E-state index < -0.39 is 5.91 Å².